The molecule has 0 aromatic heterocycles. The second-order valence-corrected chi connectivity index (χ2v) is 4.65. The number of nitrogens with one attached hydrogen (secondary N) is 1. The van der Waals surface area contributed by atoms with Crippen LogP contribution in [0.4, 0.5) is 20.2 Å². The Morgan fingerprint density at radius 1 is 1.14 bits per heavy atom. The number of carbonyl (C=O) groups excluding carboxylic acids is 1. The summed E-state index contributed by atoms with van der Waals surface area (Å²) in [5, 5.41) is 11.4. The third-order valence-electron chi connectivity index (χ3n) is 3.03. The number of halogens is 2. The molecule has 4 nitrogen and oxygen atoms in total. The van der Waals surface area contributed by atoms with Gasteiger partial charge in [-0.3, -0.25) is 4.79 Å². The molecule has 0 saturated heterocycles. The molecule has 0 bridgehead atoms. The molecule has 0 fully saturated rings. The van der Waals surface area contributed by atoms with Gasteiger partial charge in [-0.2, -0.15) is 0 Å². The van der Waals surface area contributed by atoms with Gasteiger partial charge in [-0.25, -0.2) is 8.78 Å². The number of anilines is 2. The van der Waals surface area contributed by atoms with Gasteiger partial charge in [0.15, 0.2) is 0 Å². The monoisotopic (exact) mass is 306 g/mol. The van der Waals surface area contributed by atoms with Crippen LogP contribution in [-0.4, -0.2) is 30.7 Å². The van der Waals surface area contributed by atoms with Gasteiger partial charge in [0.1, 0.15) is 11.6 Å². The van der Waals surface area contributed by atoms with Crippen molar-refractivity contribution in [3.63, 3.8) is 0 Å². The number of benzene rings is 2. The van der Waals surface area contributed by atoms with Crippen LogP contribution in [0.15, 0.2) is 48.5 Å². The summed E-state index contributed by atoms with van der Waals surface area (Å²) in [7, 11) is 0. The fourth-order valence-electron chi connectivity index (χ4n) is 2.02. The Balaban J connectivity index is 2.07. The molecule has 0 saturated carbocycles. The Morgan fingerprint density at radius 3 is 2.55 bits per heavy atom. The number of aliphatic hydroxyl groups excluding tert-OH is 1. The minimum atomic E-state index is -0.705. The van der Waals surface area contributed by atoms with Gasteiger partial charge in [-0.1, -0.05) is 18.2 Å². The summed E-state index contributed by atoms with van der Waals surface area (Å²) in [5.74, 6) is -1.84. The highest BCUT2D eigenvalue weighted by Crippen LogP contribution is 2.16. The summed E-state index contributed by atoms with van der Waals surface area (Å²) >= 11 is 0. The second kappa shape index (κ2) is 7.51. The first kappa shape index (κ1) is 15.9. The number of carbonyl (C=O) groups is 1. The molecule has 0 aliphatic carbocycles. The van der Waals surface area contributed by atoms with Crippen LogP contribution in [0, 0.1) is 11.6 Å². The zero-order valence-electron chi connectivity index (χ0n) is 11.8. The first-order chi connectivity index (χ1) is 10.6. The highest BCUT2D eigenvalue weighted by atomic mass is 19.1. The molecular weight excluding hydrogens is 290 g/mol. The van der Waals surface area contributed by atoms with Crippen LogP contribution in [0.5, 0.6) is 0 Å². The molecule has 2 rings (SSSR count). The lowest BCUT2D eigenvalue weighted by atomic mass is 10.2. The van der Waals surface area contributed by atoms with E-state index in [0.29, 0.717) is 0 Å². The smallest absolute Gasteiger partial charge is 0.243 e. The summed E-state index contributed by atoms with van der Waals surface area (Å²) in [6, 6.07) is 11.9. The molecule has 2 aromatic rings. The molecule has 2 N–H and O–H groups in total. The van der Waals surface area contributed by atoms with Gasteiger partial charge < -0.3 is 15.3 Å². The topological polar surface area (TPSA) is 52.6 Å². The van der Waals surface area contributed by atoms with Crippen molar-refractivity contribution in [3.8, 4) is 0 Å². The molecule has 0 spiro atoms. The second-order valence-electron chi connectivity index (χ2n) is 4.65. The predicted octanol–water partition coefficient (Wildman–Crippen LogP) is 2.40. The third-order valence-corrected chi connectivity index (χ3v) is 3.03. The van der Waals surface area contributed by atoms with Gasteiger partial charge in [0.2, 0.25) is 5.91 Å². The Kier molecular flexibility index (Phi) is 5.43. The minimum Gasteiger partial charge on any atom is -0.395 e. The van der Waals surface area contributed by atoms with E-state index in [4.69, 9.17) is 5.11 Å². The summed E-state index contributed by atoms with van der Waals surface area (Å²) < 4.78 is 26.6. The number of amides is 1. The molecule has 1 amide bonds. The lowest BCUT2D eigenvalue weighted by Gasteiger charge is -2.23. The zero-order chi connectivity index (χ0) is 15.9. The van der Waals surface area contributed by atoms with Crippen LogP contribution in [0.2, 0.25) is 0 Å². The highest BCUT2D eigenvalue weighted by molar-refractivity contribution is 5.94. The standard InChI is InChI=1S/C16H16F2N2O2/c17-12-6-7-14(18)15(10-12)19-16(22)11-20(8-9-21)13-4-2-1-3-5-13/h1-7,10,21H,8-9,11H2,(H,19,22). The normalized spacial score (nSPS) is 10.3. The average Bonchev–Trinajstić information content (AvgIpc) is 2.51. The van der Waals surface area contributed by atoms with E-state index in [-0.39, 0.29) is 25.4 Å². The number of aliphatic hydroxyl groups is 1. The lowest BCUT2D eigenvalue weighted by Crippen LogP contribution is -2.35. The maximum absolute atomic E-state index is 13.5. The van der Waals surface area contributed by atoms with Crippen molar-refractivity contribution < 1.29 is 18.7 Å². The minimum absolute atomic E-state index is 0.0828. The average molecular weight is 306 g/mol. The third kappa shape index (κ3) is 4.26. The maximum atomic E-state index is 13.5. The number of nitrogens with zero attached hydrogens (tertiary/aromatic N) is 1. The van der Waals surface area contributed by atoms with Crippen LogP contribution in [0.1, 0.15) is 0 Å². The molecule has 116 valence electrons. The Hall–Kier alpha value is -2.47. The summed E-state index contributed by atoms with van der Waals surface area (Å²) in [4.78, 5) is 13.7. The molecule has 0 atom stereocenters. The lowest BCUT2D eigenvalue weighted by molar-refractivity contribution is -0.115. The van der Waals surface area contributed by atoms with Gasteiger partial charge >= 0.3 is 0 Å². The number of hydrogen-bond acceptors (Lipinski definition) is 3. The first-order valence-corrected chi connectivity index (χ1v) is 6.76. The number of hydrogen-bond donors (Lipinski definition) is 2. The van der Waals surface area contributed by atoms with Crippen molar-refractivity contribution >= 4 is 17.3 Å². The van der Waals surface area contributed by atoms with Crippen molar-refractivity contribution in [1.82, 2.24) is 0 Å². The highest BCUT2D eigenvalue weighted by Gasteiger charge is 2.13. The summed E-state index contributed by atoms with van der Waals surface area (Å²) in [5.41, 5.74) is 0.549. The van der Waals surface area contributed by atoms with Crippen LogP contribution in [-0.2, 0) is 4.79 Å². The van der Waals surface area contributed by atoms with Crippen molar-refractivity contribution in [2.45, 2.75) is 0 Å². The zero-order valence-corrected chi connectivity index (χ0v) is 11.8. The molecule has 2 aromatic carbocycles. The molecule has 6 heteroatoms. The molecule has 0 aliphatic heterocycles. The van der Waals surface area contributed by atoms with Crippen LogP contribution < -0.4 is 10.2 Å². The van der Waals surface area contributed by atoms with E-state index < -0.39 is 17.5 Å². The quantitative estimate of drug-likeness (QED) is 0.861. The SMILES string of the molecule is O=C(CN(CCO)c1ccccc1)Nc1cc(F)ccc1F. The summed E-state index contributed by atoms with van der Waals surface area (Å²) in [6.45, 7) is 0.0418. The van der Waals surface area contributed by atoms with Crippen LogP contribution in [0.25, 0.3) is 0 Å². The number of rotatable bonds is 6. The van der Waals surface area contributed by atoms with Gasteiger partial charge in [0, 0.05) is 18.3 Å². The van der Waals surface area contributed by atoms with Crippen molar-refractivity contribution in [3.05, 3.63) is 60.2 Å². The van der Waals surface area contributed by atoms with Crippen LogP contribution >= 0.6 is 0 Å². The van der Waals surface area contributed by atoms with E-state index in [0.717, 1.165) is 23.9 Å². The summed E-state index contributed by atoms with van der Waals surface area (Å²) in [6.07, 6.45) is 0. The first-order valence-electron chi connectivity index (χ1n) is 6.76. The van der Waals surface area contributed by atoms with Gasteiger partial charge in [0.25, 0.3) is 0 Å². The van der Waals surface area contributed by atoms with Crippen molar-refractivity contribution in [1.29, 1.82) is 0 Å². The van der Waals surface area contributed by atoms with E-state index in [1.54, 1.807) is 17.0 Å². The molecule has 22 heavy (non-hydrogen) atoms. The largest absolute Gasteiger partial charge is 0.395 e. The van der Waals surface area contributed by atoms with E-state index in [9.17, 15) is 13.6 Å². The van der Waals surface area contributed by atoms with E-state index in [1.165, 1.54) is 0 Å². The van der Waals surface area contributed by atoms with Gasteiger partial charge in [-0.05, 0) is 24.3 Å². The Morgan fingerprint density at radius 2 is 1.86 bits per heavy atom. The fraction of sp³-hybridized carbons (Fsp3) is 0.188. The van der Waals surface area contributed by atoms with E-state index in [2.05, 4.69) is 5.32 Å². The van der Waals surface area contributed by atoms with Crippen LogP contribution in [0.3, 0.4) is 0 Å². The van der Waals surface area contributed by atoms with Crippen molar-refractivity contribution in [2.75, 3.05) is 29.9 Å². The van der Waals surface area contributed by atoms with E-state index in [1.807, 2.05) is 18.2 Å². The fourth-order valence-corrected chi connectivity index (χ4v) is 2.02. The number of para-hydroxylation sites is 1. The molecule has 0 unspecified atom stereocenters. The van der Waals surface area contributed by atoms with Gasteiger partial charge in [0.05, 0.1) is 18.8 Å². The maximum Gasteiger partial charge on any atom is 0.243 e. The Bertz CT molecular complexity index is 635. The van der Waals surface area contributed by atoms with Crippen molar-refractivity contribution in [2.24, 2.45) is 0 Å². The van der Waals surface area contributed by atoms with Gasteiger partial charge in [-0.15, -0.1) is 0 Å². The molecule has 0 heterocycles. The molecule has 0 aliphatic rings. The predicted molar refractivity (Wildman–Crippen MR) is 80.7 cm³/mol. The Labute approximate surface area is 127 Å². The van der Waals surface area contributed by atoms with E-state index >= 15 is 0 Å². The molecular formula is C16H16F2N2O2. The molecule has 0 radical (unpaired) electrons.